The molecule has 1 fully saturated rings. The van der Waals surface area contributed by atoms with Crippen LogP contribution in [0.3, 0.4) is 0 Å². The summed E-state index contributed by atoms with van der Waals surface area (Å²) in [7, 11) is 0. The Morgan fingerprint density at radius 3 is 2.62 bits per heavy atom. The molecule has 0 saturated heterocycles. The van der Waals surface area contributed by atoms with Gasteiger partial charge in [-0.25, -0.2) is 0 Å². The fourth-order valence-electron chi connectivity index (χ4n) is 2.79. The number of nitrogens with zero attached hydrogens (tertiary/aromatic N) is 2. The number of rotatable bonds is 7. The molecule has 1 aromatic heterocycles. The molecular weight excluding hydrogens is 328 g/mol. The standard InChI is InChI=1S/C20H24N4O2/c1-2-11-24(13-14-7-8-14)20(26)15-9-10-18(22-12-15)19(25)23-17-6-4-3-5-16(17)21/h3-6,9-10,12,14H,2,7-8,11,13,21H2,1H3,(H,23,25). The average Bonchev–Trinajstić information content (AvgIpc) is 3.47. The first-order chi connectivity index (χ1) is 12.6. The van der Waals surface area contributed by atoms with Gasteiger partial charge in [0.2, 0.25) is 0 Å². The van der Waals surface area contributed by atoms with E-state index in [0.717, 1.165) is 19.5 Å². The zero-order valence-electron chi connectivity index (χ0n) is 14.9. The van der Waals surface area contributed by atoms with E-state index in [0.29, 0.717) is 22.9 Å². The van der Waals surface area contributed by atoms with E-state index >= 15 is 0 Å². The van der Waals surface area contributed by atoms with Crippen LogP contribution in [-0.2, 0) is 0 Å². The van der Waals surface area contributed by atoms with Gasteiger partial charge in [-0.15, -0.1) is 0 Å². The molecule has 1 aromatic carbocycles. The van der Waals surface area contributed by atoms with E-state index < -0.39 is 0 Å². The zero-order chi connectivity index (χ0) is 18.5. The highest BCUT2D eigenvalue weighted by Crippen LogP contribution is 2.30. The number of hydrogen-bond donors (Lipinski definition) is 2. The molecule has 3 N–H and O–H groups in total. The maximum atomic E-state index is 12.7. The van der Waals surface area contributed by atoms with Crippen molar-refractivity contribution in [3.8, 4) is 0 Å². The molecule has 2 aromatic rings. The van der Waals surface area contributed by atoms with E-state index in [-0.39, 0.29) is 17.5 Å². The van der Waals surface area contributed by atoms with Gasteiger partial charge >= 0.3 is 0 Å². The molecule has 3 rings (SSSR count). The lowest BCUT2D eigenvalue weighted by atomic mass is 10.2. The van der Waals surface area contributed by atoms with Crippen molar-refractivity contribution in [3.05, 3.63) is 53.9 Å². The third kappa shape index (κ3) is 4.39. The molecule has 0 radical (unpaired) electrons. The summed E-state index contributed by atoms with van der Waals surface area (Å²) in [6.07, 6.45) is 4.80. The second-order valence-electron chi connectivity index (χ2n) is 6.67. The average molecular weight is 352 g/mol. The van der Waals surface area contributed by atoms with E-state index in [1.54, 1.807) is 36.4 Å². The highest BCUT2D eigenvalue weighted by atomic mass is 16.2. The number of aromatic nitrogens is 1. The van der Waals surface area contributed by atoms with Gasteiger partial charge in [0.25, 0.3) is 11.8 Å². The quantitative estimate of drug-likeness (QED) is 0.749. The number of nitrogens with one attached hydrogen (secondary N) is 1. The summed E-state index contributed by atoms with van der Waals surface area (Å²) in [6, 6.07) is 10.3. The van der Waals surface area contributed by atoms with Crippen LogP contribution in [-0.4, -0.2) is 34.8 Å². The predicted octanol–water partition coefficient (Wildman–Crippen LogP) is 3.18. The van der Waals surface area contributed by atoms with E-state index in [2.05, 4.69) is 17.2 Å². The summed E-state index contributed by atoms with van der Waals surface area (Å²) in [5.41, 5.74) is 7.61. The molecule has 0 atom stereocenters. The molecule has 1 aliphatic rings. The van der Waals surface area contributed by atoms with Crippen LogP contribution in [0.1, 0.15) is 47.0 Å². The highest BCUT2D eigenvalue weighted by Gasteiger charge is 2.27. The number of benzene rings is 1. The number of carbonyl (C=O) groups is 2. The van der Waals surface area contributed by atoms with Gasteiger partial charge < -0.3 is 16.0 Å². The van der Waals surface area contributed by atoms with Crippen LogP contribution in [0, 0.1) is 5.92 Å². The first-order valence-electron chi connectivity index (χ1n) is 8.99. The van der Waals surface area contributed by atoms with Crippen molar-refractivity contribution in [1.82, 2.24) is 9.88 Å². The molecule has 0 unspecified atom stereocenters. The monoisotopic (exact) mass is 352 g/mol. The summed E-state index contributed by atoms with van der Waals surface area (Å²) in [5.74, 6) is 0.260. The summed E-state index contributed by atoms with van der Waals surface area (Å²) >= 11 is 0. The number of carbonyl (C=O) groups excluding carboxylic acids is 2. The number of para-hydroxylation sites is 2. The van der Waals surface area contributed by atoms with Gasteiger partial charge in [0, 0.05) is 19.3 Å². The number of pyridine rings is 1. The number of nitrogen functional groups attached to an aromatic ring is 1. The Balaban J connectivity index is 1.67. The Morgan fingerprint density at radius 1 is 1.23 bits per heavy atom. The summed E-state index contributed by atoms with van der Waals surface area (Å²) in [4.78, 5) is 31.0. The van der Waals surface area contributed by atoms with Crippen molar-refractivity contribution in [2.45, 2.75) is 26.2 Å². The van der Waals surface area contributed by atoms with Gasteiger partial charge in [-0.3, -0.25) is 14.6 Å². The number of anilines is 2. The lowest BCUT2D eigenvalue weighted by Gasteiger charge is -2.22. The van der Waals surface area contributed by atoms with Gasteiger partial charge in [0.15, 0.2) is 0 Å². The van der Waals surface area contributed by atoms with Gasteiger partial charge in [-0.2, -0.15) is 0 Å². The van der Waals surface area contributed by atoms with Crippen molar-refractivity contribution < 1.29 is 9.59 Å². The first kappa shape index (κ1) is 17.9. The fraction of sp³-hybridized carbons (Fsp3) is 0.350. The van der Waals surface area contributed by atoms with Gasteiger partial charge in [0.1, 0.15) is 5.69 Å². The van der Waals surface area contributed by atoms with Crippen LogP contribution in [0.2, 0.25) is 0 Å². The molecule has 1 heterocycles. The highest BCUT2D eigenvalue weighted by molar-refractivity contribution is 6.04. The Bertz CT molecular complexity index is 785. The largest absolute Gasteiger partial charge is 0.397 e. The Labute approximate surface area is 153 Å². The number of nitrogens with two attached hydrogens (primary N) is 1. The molecule has 136 valence electrons. The van der Waals surface area contributed by atoms with Crippen molar-refractivity contribution in [3.63, 3.8) is 0 Å². The first-order valence-corrected chi connectivity index (χ1v) is 8.99. The maximum absolute atomic E-state index is 12.7. The van der Waals surface area contributed by atoms with Gasteiger partial charge in [-0.05, 0) is 49.4 Å². The van der Waals surface area contributed by atoms with Crippen molar-refractivity contribution in [2.24, 2.45) is 5.92 Å². The minimum Gasteiger partial charge on any atom is -0.397 e. The van der Waals surface area contributed by atoms with E-state index in [1.807, 2.05) is 4.90 Å². The fourth-order valence-corrected chi connectivity index (χ4v) is 2.79. The van der Waals surface area contributed by atoms with Gasteiger partial charge in [-0.1, -0.05) is 19.1 Å². The van der Waals surface area contributed by atoms with E-state index in [9.17, 15) is 9.59 Å². The zero-order valence-corrected chi connectivity index (χ0v) is 14.9. The Morgan fingerprint density at radius 2 is 2.00 bits per heavy atom. The van der Waals surface area contributed by atoms with Crippen LogP contribution in [0.25, 0.3) is 0 Å². The van der Waals surface area contributed by atoms with Crippen LogP contribution in [0.15, 0.2) is 42.6 Å². The smallest absolute Gasteiger partial charge is 0.274 e. The summed E-state index contributed by atoms with van der Waals surface area (Å²) in [6.45, 7) is 3.61. The summed E-state index contributed by atoms with van der Waals surface area (Å²) < 4.78 is 0. The predicted molar refractivity (Wildman–Crippen MR) is 102 cm³/mol. The molecule has 0 spiro atoms. The molecule has 0 aliphatic heterocycles. The molecule has 0 bridgehead atoms. The molecule has 6 heteroatoms. The second kappa shape index (κ2) is 7.99. The van der Waals surface area contributed by atoms with Crippen molar-refractivity contribution >= 4 is 23.2 Å². The van der Waals surface area contributed by atoms with Crippen molar-refractivity contribution in [2.75, 3.05) is 24.1 Å². The molecule has 6 nitrogen and oxygen atoms in total. The minimum atomic E-state index is -0.356. The second-order valence-corrected chi connectivity index (χ2v) is 6.67. The lowest BCUT2D eigenvalue weighted by Crippen LogP contribution is -2.33. The topological polar surface area (TPSA) is 88.3 Å². The Hall–Kier alpha value is -2.89. The summed E-state index contributed by atoms with van der Waals surface area (Å²) in [5, 5.41) is 2.73. The van der Waals surface area contributed by atoms with E-state index in [1.165, 1.54) is 19.0 Å². The molecule has 1 aliphatic carbocycles. The van der Waals surface area contributed by atoms with E-state index in [4.69, 9.17) is 5.73 Å². The molecule has 1 saturated carbocycles. The van der Waals surface area contributed by atoms with Crippen molar-refractivity contribution in [1.29, 1.82) is 0 Å². The maximum Gasteiger partial charge on any atom is 0.274 e. The molecule has 26 heavy (non-hydrogen) atoms. The Kier molecular flexibility index (Phi) is 5.51. The number of hydrogen-bond acceptors (Lipinski definition) is 4. The lowest BCUT2D eigenvalue weighted by molar-refractivity contribution is 0.0746. The van der Waals surface area contributed by atoms with Crippen LogP contribution in [0.5, 0.6) is 0 Å². The molecular formula is C20H24N4O2. The third-order valence-electron chi connectivity index (χ3n) is 4.41. The SMILES string of the molecule is CCCN(CC1CC1)C(=O)c1ccc(C(=O)Nc2ccccc2N)nc1. The molecule has 2 amide bonds. The van der Waals surface area contributed by atoms with Gasteiger partial charge in [0.05, 0.1) is 16.9 Å². The normalized spacial score (nSPS) is 13.3. The van der Waals surface area contributed by atoms with Crippen LogP contribution in [0.4, 0.5) is 11.4 Å². The number of amides is 2. The van der Waals surface area contributed by atoms with Crippen LogP contribution >= 0.6 is 0 Å². The third-order valence-corrected chi connectivity index (χ3v) is 4.41. The minimum absolute atomic E-state index is 0.0227. The van der Waals surface area contributed by atoms with Crippen LogP contribution < -0.4 is 11.1 Å².